The van der Waals surface area contributed by atoms with Gasteiger partial charge >= 0.3 is 0 Å². The number of hydrogen-bond donors (Lipinski definition) is 0. The van der Waals surface area contributed by atoms with Crippen LogP contribution < -0.4 is 20.4 Å². The highest BCUT2D eigenvalue weighted by molar-refractivity contribution is 7.06. The molecule has 0 radical (unpaired) electrons. The molecule has 0 saturated heterocycles. The van der Waals surface area contributed by atoms with Gasteiger partial charge in [-0.3, -0.25) is 0 Å². The normalized spacial score (nSPS) is 21.4. The van der Waals surface area contributed by atoms with Crippen molar-refractivity contribution >= 4 is 24.5 Å². The molecule has 4 aliphatic carbocycles. The summed E-state index contributed by atoms with van der Waals surface area (Å²) in [5.41, 5.74) is 11.7. The third-order valence-electron chi connectivity index (χ3n) is 14.2. The van der Waals surface area contributed by atoms with E-state index < -0.39 is 8.07 Å². The minimum Gasteiger partial charge on any atom is -0.489 e. The van der Waals surface area contributed by atoms with Gasteiger partial charge in [-0.2, -0.15) is 0 Å². The molecule has 54 heavy (non-hydrogen) atoms. The van der Waals surface area contributed by atoms with Gasteiger partial charge in [0.1, 0.15) is 20.4 Å². The fourth-order valence-corrected chi connectivity index (χ4v) is 16.2. The Balaban J connectivity index is 1.84. The van der Waals surface area contributed by atoms with E-state index in [1.54, 1.807) is 48.6 Å². The standard InChI is InChI=1S/C52H76OSi/c1-14-19-21-23-36-32-37(24-22-20-15-2)47(53-31-16-3)42(33-36)54(17-4,18-5)48-41-35-50(8,9)27-25-38(41)43-44(48)40-34-49(6,7)28-26-39(40)45-46(43)52(12,13)30-29-51(45,10)11/h16,29-30,32-35,38H,3,14-15,17-28,31H2,1-2,4-13H3. The van der Waals surface area contributed by atoms with Gasteiger partial charge in [0.15, 0.2) is 0 Å². The van der Waals surface area contributed by atoms with E-state index >= 15 is 0 Å². The molecule has 4 aliphatic rings. The molecule has 2 heteroatoms. The summed E-state index contributed by atoms with van der Waals surface area (Å²) >= 11 is 0. The van der Waals surface area contributed by atoms with E-state index in [1.807, 2.05) is 6.08 Å². The number of aryl methyl sites for hydroxylation is 2. The molecule has 0 N–H and O–H groups in total. The first-order valence-electron chi connectivity index (χ1n) is 22.3. The van der Waals surface area contributed by atoms with Crippen LogP contribution in [-0.4, -0.2) is 14.7 Å². The van der Waals surface area contributed by atoms with Gasteiger partial charge in [0.25, 0.3) is 0 Å². The fraction of sp³-hybridized carbons (Fsp3) is 0.615. The second kappa shape index (κ2) is 15.4. The van der Waals surface area contributed by atoms with E-state index in [0.717, 1.165) is 12.8 Å². The predicted molar refractivity (Wildman–Crippen MR) is 240 cm³/mol. The summed E-state index contributed by atoms with van der Waals surface area (Å²) in [6.07, 6.45) is 27.3. The smallest absolute Gasteiger partial charge is 0.123 e. The molecule has 0 saturated carbocycles. The molecule has 2 aromatic carbocycles. The molecule has 1 unspecified atom stereocenters. The topological polar surface area (TPSA) is 9.23 Å². The van der Waals surface area contributed by atoms with Crippen LogP contribution in [0, 0.1) is 10.8 Å². The predicted octanol–water partition coefficient (Wildman–Crippen LogP) is 12.5. The van der Waals surface area contributed by atoms with E-state index in [-0.39, 0.29) is 21.7 Å². The van der Waals surface area contributed by atoms with Crippen molar-refractivity contribution in [1.29, 1.82) is 0 Å². The zero-order chi connectivity index (χ0) is 39.3. The first kappa shape index (κ1) is 41.1. The highest BCUT2D eigenvalue weighted by Crippen LogP contribution is 2.55. The summed E-state index contributed by atoms with van der Waals surface area (Å²) in [7, 11) is -2.44. The van der Waals surface area contributed by atoms with Crippen LogP contribution in [0.25, 0.3) is 11.3 Å². The Morgan fingerprint density at radius 2 is 1.41 bits per heavy atom. The lowest BCUT2D eigenvalue weighted by molar-refractivity contribution is 0.361. The van der Waals surface area contributed by atoms with Gasteiger partial charge in [0.05, 0.1) is 0 Å². The second-order valence-electron chi connectivity index (χ2n) is 20.3. The van der Waals surface area contributed by atoms with Crippen molar-refractivity contribution in [2.75, 3.05) is 6.61 Å². The van der Waals surface area contributed by atoms with Crippen LogP contribution in [0.1, 0.15) is 180 Å². The summed E-state index contributed by atoms with van der Waals surface area (Å²) in [6.45, 7) is 34.5. The molecule has 0 spiro atoms. The molecule has 0 bridgehead atoms. The molecule has 6 rings (SSSR count). The monoisotopic (exact) mass is 745 g/mol. The SMILES string of the molecule is C=CCOc1c(CCCCC)cc(CCCCC)cc1[Si](CC)(CC)C1=c2c(c3c(c4c2=CC(C)(C)CC4)C(C)(C)C=CC3(C)C)C2CCC(C)(C)C=C12. The minimum atomic E-state index is -2.44. The summed E-state index contributed by atoms with van der Waals surface area (Å²) in [4.78, 5) is 0. The Kier molecular flexibility index (Phi) is 11.7. The molecular weight excluding hydrogens is 669 g/mol. The summed E-state index contributed by atoms with van der Waals surface area (Å²) in [5, 5.41) is 6.65. The summed E-state index contributed by atoms with van der Waals surface area (Å²) in [5.74, 6) is 1.68. The number of benzene rings is 2. The second-order valence-corrected chi connectivity index (χ2v) is 24.9. The molecule has 0 fully saturated rings. The van der Waals surface area contributed by atoms with E-state index in [0.29, 0.717) is 12.5 Å². The van der Waals surface area contributed by atoms with Crippen molar-refractivity contribution in [3.05, 3.63) is 92.4 Å². The van der Waals surface area contributed by atoms with Crippen molar-refractivity contribution in [2.45, 2.75) is 189 Å². The van der Waals surface area contributed by atoms with Crippen LogP contribution in [0.4, 0.5) is 0 Å². The van der Waals surface area contributed by atoms with Crippen LogP contribution in [0.15, 0.2) is 48.6 Å². The number of hydrogen-bond acceptors (Lipinski definition) is 1. The number of fused-ring (bicyclic) bond motifs is 8. The van der Waals surface area contributed by atoms with Gasteiger partial charge in [-0.25, -0.2) is 0 Å². The Hall–Kier alpha value is -2.58. The van der Waals surface area contributed by atoms with E-state index in [1.165, 1.54) is 93.2 Å². The lowest BCUT2D eigenvalue weighted by Crippen LogP contribution is -2.54. The maximum atomic E-state index is 7.03. The van der Waals surface area contributed by atoms with Crippen LogP contribution >= 0.6 is 0 Å². The lowest BCUT2D eigenvalue weighted by atomic mass is 9.61. The van der Waals surface area contributed by atoms with Gasteiger partial charge in [0, 0.05) is 16.7 Å². The Morgan fingerprint density at radius 1 is 0.778 bits per heavy atom. The summed E-state index contributed by atoms with van der Waals surface area (Å²) in [6, 6.07) is 7.62. The zero-order valence-corrected chi connectivity index (χ0v) is 37.8. The zero-order valence-electron chi connectivity index (χ0n) is 36.8. The number of rotatable bonds is 15. The summed E-state index contributed by atoms with van der Waals surface area (Å²) < 4.78 is 7.03. The van der Waals surface area contributed by atoms with E-state index in [2.05, 4.69) is 126 Å². The molecule has 1 atom stereocenters. The van der Waals surface area contributed by atoms with Crippen molar-refractivity contribution in [3.63, 3.8) is 0 Å². The van der Waals surface area contributed by atoms with Crippen LogP contribution in [0.5, 0.6) is 5.75 Å². The van der Waals surface area contributed by atoms with Crippen LogP contribution in [-0.2, 0) is 30.1 Å². The number of allylic oxidation sites excluding steroid dienone is 4. The Bertz CT molecular complexity index is 1940. The molecular formula is C52H76OSi. The van der Waals surface area contributed by atoms with Gasteiger partial charge in [-0.05, 0) is 122 Å². The Labute approximate surface area is 332 Å². The van der Waals surface area contributed by atoms with Crippen molar-refractivity contribution in [1.82, 2.24) is 0 Å². The fourth-order valence-electron chi connectivity index (χ4n) is 11.2. The first-order valence-corrected chi connectivity index (χ1v) is 24.7. The molecule has 0 heterocycles. The molecule has 0 aliphatic heterocycles. The van der Waals surface area contributed by atoms with Crippen molar-refractivity contribution < 1.29 is 4.74 Å². The maximum Gasteiger partial charge on any atom is 0.123 e. The number of unbranched alkanes of at least 4 members (excludes halogenated alkanes) is 4. The van der Waals surface area contributed by atoms with Gasteiger partial charge < -0.3 is 4.74 Å². The molecule has 1 nitrogen and oxygen atoms in total. The van der Waals surface area contributed by atoms with E-state index in [4.69, 9.17) is 4.74 Å². The average molecular weight is 745 g/mol. The first-order chi connectivity index (χ1) is 25.5. The highest BCUT2D eigenvalue weighted by Gasteiger charge is 2.51. The molecule has 2 aromatic rings. The van der Waals surface area contributed by atoms with Crippen molar-refractivity contribution in [3.8, 4) is 5.75 Å². The van der Waals surface area contributed by atoms with Crippen LogP contribution in [0.2, 0.25) is 12.1 Å². The lowest BCUT2D eigenvalue weighted by Gasteiger charge is -2.43. The van der Waals surface area contributed by atoms with Gasteiger partial charge in [-0.1, -0.05) is 170 Å². The van der Waals surface area contributed by atoms with Crippen molar-refractivity contribution in [2.24, 2.45) is 10.8 Å². The Morgan fingerprint density at radius 3 is 2.04 bits per heavy atom. The molecule has 0 amide bonds. The molecule has 0 aromatic heterocycles. The van der Waals surface area contributed by atoms with E-state index in [9.17, 15) is 0 Å². The highest BCUT2D eigenvalue weighted by atomic mass is 28.3. The average Bonchev–Trinajstić information content (AvgIpc) is 3.43. The maximum absolute atomic E-state index is 7.03. The minimum absolute atomic E-state index is 0.00972. The van der Waals surface area contributed by atoms with Gasteiger partial charge in [0.2, 0.25) is 0 Å². The quantitative estimate of drug-likeness (QED) is 0.100. The molecule has 294 valence electrons. The third-order valence-corrected chi connectivity index (χ3v) is 19.5. The third kappa shape index (κ3) is 7.25. The number of ether oxygens (including phenoxy) is 1. The van der Waals surface area contributed by atoms with Crippen LogP contribution in [0.3, 0.4) is 0 Å². The largest absolute Gasteiger partial charge is 0.489 e. The van der Waals surface area contributed by atoms with Gasteiger partial charge in [-0.15, -0.1) is 0 Å².